The molecule has 0 radical (unpaired) electrons. The molecule has 0 fully saturated rings. The first-order valence-electron chi connectivity index (χ1n) is 9.78. The molecule has 1 N–H and O–H groups in total. The minimum Gasteiger partial charge on any atom is -0.419 e. The van der Waals surface area contributed by atoms with E-state index in [1.54, 1.807) is 14.0 Å². The summed E-state index contributed by atoms with van der Waals surface area (Å²) >= 11 is 6.08. The molecular weight excluding hydrogens is 459 g/mol. The highest BCUT2D eigenvalue weighted by Gasteiger charge is 2.18. The zero-order valence-electron chi connectivity index (χ0n) is 17.7. The molecule has 0 unspecified atom stereocenters. The van der Waals surface area contributed by atoms with Gasteiger partial charge in [-0.2, -0.15) is 9.97 Å². The third kappa shape index (κ3) is 5.63. The molecule has 0 bridgehead atoms. The number of aromatic nitrogens is 3. The Hall–Kier alpha value is -2.98. The maximum absolute atomic E-state index is 14.6. The van der Waals surface area contributed by atoms with Gasteiger partial charge in [-0.1, -0.05) is 31.0 Å². The first kappa shape index (κ1) is 23.7. The number of nitrogens with one attached hydrogen (secondary N) is 1. The quantitative estimate of drug-likeness (QED) is 0.516. The number of hydrogen-bond donors (Lipinski definition) is 1. The minimum atomic E-state index is -3.67. The number of sulfonamides is 1. The molecule has 0 aliphatic heterocycles. The number of benzene rings is 1. The molecule has 3 aromatic rings. The van der Waals surface area contributed by atoms with E-state index in [2.05, 4.69) is 14.7 Å². The standard InChI is InChI=1S/C21H22ClFN4O4S/c1-4-5-10-32(29,30)26-17-11-16(14-7-9-18(28)27(3)12-14)24-21(25-17)31-20-15(22)8-6-13(2)19(20)23/h6-9,11-12H,4-5,10H2,1-3H3,(H,24,25,26). The van der Waals surface area contributed by atoms with Crippen molar-refractivity contribution in [1.29, 1.82) is 0 Å². The lowest BCUT2D eigenvalue weighted by Crippen LogP contribution is -2.18. The number of halogens is 2. The molecular formula is C21H22ClFN4O4S. The molecule has 11 heteroatoms. The second-order valence-electron chi connectivity index (χ2n) is 7.17. The van der Waals surface area contributed by atoms with Crippen LogP contribution >= 0.6 is 11.6 Å². The van der Waals surface area contributed by atoms with Crippen molar-refractivity contribution in [2.45, 2.75) is 26.7 Å². The van der Waals surface area contributed by atoms with E-state index in [0.717, 1.165) is 0 Å². The average molecular weight is 481 g/mol. The fourth-order valence-electron chi connectivity index (χ4n) is 2.78. The van der Waals surface area contributed by atoms with Gasteiger partial charge in [0, 0.05) is 30.9 Å². The van der Waals surface area contributed by atoms with Crippen molar-refractivity contribution in [3.8, 4) is 23.0 Å². The molecule has 170 valence electrons. The van der Waals surface area contributed by atoms with Crippen LogP contribution < -0.4 is 15.0 Å². The zero-order chi connectivity index (χ0) is 23.5. The molecule has 0 saturated heterocycles. The van der Waals surface area contributed by atoms with Gasteiger partial charge < -0.3 is 9.30 Å². The molecule has 0 spiro atoms. The largest absolute Gasteiger partial charge is 0.419 e. The van der Waals surface area contributed by atoms with Crippen molar-refractivity contribution in [3.05, 3.63) is 63.3 Å². The SMILES string of the molecule is CCCCS(=O)(=O)Nc1cc(-c2ccc(=O)n(C)c2)nc(Oc2c(Cl)ccc(C)c2F)n1. The van der Waals surface area contributed by atoms with Gasteiger partial charge >= 0.3 is 6.01 Å². The van der Waals surface area contributed by atoms with Gasteiger partial charge in [-0.25, -0.2) is 12.8 Å². The summed E-state index contributed by atoms with van der Waals surface area (Å²) in [5, 5.41) is 0.00860. The Labute approximate surface area is 190 Å². The van der Waals surface area contributed by atoms with Crippen LogP contribution in [0.1, 0.15) is 25.3 Å². The van der Waals surface area contributed by atoms with E-state index in [0.29, 0.717) is 24.0 Å². The number of hydrogen-bond acceptors (Lipinski definition) is 6. The van der Waals surface area contributed by atoms with Crippen LogP contribution in [0.3, 0.4) is 0 Å². The van der Waals surface area contributed by atoms with E-state index in [-0.39, 0.29) is 39.6 Å². The Morgan fingerprint density at radius 2 is 1.97 bits per heavy atom. The monoisotopic (exact) mass is 480 g/mol. The summed E-state index contributed by atoms with van der Waals surface area (Å²) in [4.78, 5) is 20.1. The van der Waals surface area contributed by atoms with Crippen molar-refractivity contribution >= 4 is 27.4 Å². The summed E-state index contributed by atoms with van der Waals surface area (Å²) in [6, 6.07) is 6.95. The molecule has 2 heterocycles. The van der Waals surface area contributed by atoms with Gasteiger partial charge in [-0.3, -0.25) is 9.52 Å². The first-order valence-corrected chi connectivity index (χ1v) is 11.8. The predicted molar refractivity (Wildman–Crippen MR) is 121 cm³/mol. The smallest absolute Gasteiger partial charge is 0.324 e. The fourth-order valence-corrected chi connectivity index (χ4v) is 4.16. The van der Waals surface area contributed by atoms with E-state index in [1.807, 2.05) is 6.92 Å². The Bertz CT molecular complexity index is 1310. The van der Waals surface area contributed by atoms with E-state index in [9.17, 15) is 17.6 Å². The van der Waals surface area contributed by atoms with Crippen molar-refractivity contribution in [3.63, 3.8) is 0 Å². The van der Waals surface area contributed by atoms with E-state index in [4.69, 9.17) is 16.3 Å². The highest BCUT2D eigenvalue weighted by atomic mass is 35.5. The third-order valence-electron chi connectivity index (χ3n) is 4.55. The molecule has 8 nitrogen and oxygen atoms in total. The van der Waals surface area contributed by atoms with Crippen LogP contribution in [-0.2, 0) is 17.1 Å². The number of nitrogens with zero attached hydrogens (tertiary/aromatic N) is 3. The number of aryl methyl sites for hydroxylation is 2. The van der Waals surface area contributed by atoms with Gasteiger partial charge in [-0.15, -0.1) is 0 Å². The first-order chi connectivity index (χ1) is 15.1. The second-order valence-corrected chi connectivity index (χ2v) is 9.42. The van der Waals surface area contributed by atoms with Crippen LogP contribution in [-0.4, -0.2) is 28.7 Å². The maximum atomic E-state index is 14.6. The number of anilines is 1. The topological polar surface area (TPSA) is 103 Å². The van der Waals surface area contributed by atoms with Crippen LogP contribution in [0.2, 0.25) is 5.02 Å². The van der Waals surface area contributed by atoms with Gasteiger partial charge in [0.1, 0.15) is 5.82 Å². The Balaban J connectivity index is 2.09. The highest BCUT2D eigenvalue weighted by molar-refractivity contribution is 7.92. The van der Waals surface area contributed by atoms with Gasteiger partial charge in [0.2, 0.25) is 15.6 Å². The minimum absolute atomic E-state index is 0.00860. The lowest BCUT2D eigenvalue weighted by molar-refractivity contribution is 0.411. The zero-order valence-corrected chi connectivity index (χ0v) is 19.3. The molecule has 2 aromatic heterocycles. The fraction of sp³-hybridized carbons (Fsp3) is 0.286. The number of unbranched alkanes of at least 4 members (excludes halogenated alkanes) is 1. The highest BCUT2D eigenvalue weighted by Crippen LogP contribution is 2.33. The van der Waals surface area contributed by atoms with Crippen molar-refractivity contribution < 1.29 is 17.5 Å². The van der Waals surface area contributed by atoms with Crippen LogP contribution in [0.25, 0.3) is 11.3 Å². The summed E-state index contributed by atoms with van der Waals surface area (Å²) in [7, 11) is -2.10. The second kappa shape index (κ2) is 9.66. The summed E-state index contributed by atoms with van der Waals surface area (Å²) in [5.41, 5.74) is 0.847. The molecule has 0 aliphatic rings. The average Bonchev–Trinajstić information content (AvgIpc) is 2.74. The van der Waals surface area contributed by atoms with Gasteiger partial charge in [0.25, 0.3) is 0 Å². The molecule has 3 rings (SSSR count). The van der Waals surface area contributed by atoms with Crippen molar-refractivity contribution in [1.82, 2.24) is 14.5 Å². The van der Waals surface area contributed by atoms with Gasteiger partial charge in [0.05, 0.1) is 16.5 Å². The molecule has 0 saturated carbocycles. The molecule has 0 amide bonds. The number of ether oxygens (including phenoxy) is 1. The van der Waals surface area contributed by atoms with E-state index >= 15 is 0 Å². The van der Waals surface area contributed by atoms with Gasteiger partial charge in [0.15, 0.2) is 11.6 Å². The van der Waals surface area contributed by atoms with Crippen LogP contribution in [0.4, 0.5) is 10.2 Å². The van der Waals surface area contributed by atoms with Crippen LogP contribution in [0, 0.1) is 12.7 Å². The van der Waals surface area contributed by atoms with Crippen molar-refractivity contribution in [2.75, 3.05) is 10.5 Å². The Kier molecular flexibility index (Phi) is 7.15. The Morgan fingerprint density at radius 1 is 1.22 bits per heavy atom. The lowest BCUT2D eigenvalue weighted by Gasteiger charge is -2.13. The van der Waals surface area contributed by atoms with E-state index < -0.39 is 15.8 Å². The summed E-state index contributed by atoms with van der Waals surface area (Å²) in [6.45, 7) is 3.43. The third-order valence-corrected chi connectivity index (χ3v) is 6.19. The summed E-state index contributed by atoms with van der Waals surface area (Å²) in [5.74, 6) is -1.10. The molecule has 0 aliphatic carbocycles. The molecule has 32 heavy (non-hydrogen) atoms. The number of rotatable bonds is 8. The van der Waals surface area contributed by atoms with E-state index in [1.165, 1.54) is 41.1 Å². The maximum Gasteiger partial charge on any atom is 0.324 e. The van der Waals surface area contributed by atoms with Gasteiger partial charge in [-0.05, 0) is 31.0 Å². The normalized spacial score (nSPS) is 11.4. The summed E-state index contributed by atoms with van der Waals surface area (Å²) < 4.78 is 48.6. The van der Waals surface area contributed by atoms with Crippen LogP contribution in [0.5, 0.6) is 11.8 Å². The molecule has 0 atom stereocenters. The predicted octanol–water partition coefficient (Wildman–Crippen LogP) is 4.28. The number of pyridine rings is 1. The molecule has 1 aromatic carbocycles. The Morgan fingerprint density at radius 3 is 2.66 bits per heavy atom. The van der Waals surface area contributed by atoms with Crippen LogP contribution in [0.15, 0.2) is 41.3 Å². The lowest BCUT2D eigenvalue weighted by atomic mass is 10.2. The van der Waals surface area contributed by atoms with Crippen molar-refractivity contribution in [2.24, 2.45) is 7.05 Å². The summed E-state index contributed by atoms with van der Waals surface area (Å²) in [6.07, 6.45) is 2.71.